The molecule has 1 heterocycles. The van der Waals surface area contributed by atoms with Crippen LogP contribution in [0.2, 0.25) is 0 Å². The van der Waals surface area contributed by atoms with Crippen molar-refractivity contribution in [2.75, 3.05) is 11.6 Å². The summed E-state index contributed by atoms with van der Waals surface area (Å²) in [5, 5.41) is 4.25. The van der Waals surface area contributed by atoms with Gasteiger partial charge >= 0.3 is 0 Å². The van der Waals surface area contributed by atoms with Crippen LogP contribution < -0.4 is 11.1 Å². The highest BCUT2D eigenvalue weighted by Crippen LogP contribution is 2.18. The van der Waals surface area contributed by atoms with E-state index in [1.807, 2.05) is 19.2 Å². The number of nitrogens with zero attached hydrogens (tertiary/aromatic N) is 2. The average Bonchev–Trinajstić information content (AvgIpc) is 2.17. The zero-order valence-corrected chi connectivity index (χ0v) is 10.4. The minimum Gasteiger partial charge on any atom is -0.364 e. The Morgan fingerprint density at radius 2 is 2.13 bits per heavy atom. The molecule has 1 aromatic heterocycles. The molecule has 1 unspecified atom stereocenters. The number of nitrogens with one attached hydrogen (secondary N) is 1. The molecule has 0 aliphatic carbocycles. The van der Waals surface area contributed by atoms with E-state index in [9.17, 15) is 0 Å². The summed E-state index contributed by atoms with van der Waals surface area (Å²) in [5.74, 6) is 0.816. The summed E-state index contributed by atoms with van der Waals surface area (Å²) in [6.45, 7) is 6.08. The molecule has 5 heteroatoms. The Kier molecular flexibility index (Phi) is 3.93. The fourth-order valence-electron chi connectivity index (χ4n) is 0.963. The van der Waals surface area contributed by atoms with Crippen molar-refractivity contribution >= 4 is 17.6 Å². The van der Waals surface area contributed by atoms with Gasteiger partial charge in [0.15, 0.2) is 0 Å². The van der Waals surface area contributed by atoms with Crippen molar-refractivity contribution in [3.63, 3.8) is 0 Å². The molecule has 0 saturated heterocycles. The molecule has 1 aromatic rings. The van der Waals surface area contributed by atoms with E-state index in [1.165, 1.54) is 0 Å². The predicted molar refractivity (Wildman–Crippen MR) is 65.2 cm³/mol. The van der Waals surface area contributed by atoms with Gasteiger partial charge in [-0.1, -0.05) is 0 Å². The summed E-state index contributed by atoms with van der Waals surface area (Å²) in [6.07, 6.45) is 3.55. The molecule has 0 amide bonds. The van der Waals surface area contributed by atoms with Crippen molar-refractivity contribution in [2.24, 2.45) is 5.73 Å². The van der Waals surface area contributed by atoms with Crippen molar-refractivity contribution in [3.8, 4) is 0 Å². The molecule has 0 radical (unpaired) electrons. The van der Waals surface area contributed by atoms with Crippen molar-refractivity contribution in [1.82, 2.24) is 9.97 Å². The van der Waals surface area contributed by atoms with E-state index in [2.05, 4.69) is 29.1 Å². The fraction of sp³-hybridized carbons (Fsp3) is 0.600. The first-order valence-corrected chi connectivity index (χ1v) is 6.08. The van der Waals surface area contributed by atoms with E-state index in [0.29, 0.717) is 0 Å². The van der Waals surface area contributed by atoms with Gasteiger partial charge in [0.25, 0.3) is 0 Å². The van der Waals surface area contributed by atoms with Gasteiger partial charge in [-0.3, -0.25) is 0 Å². The van der Waals surface area contributed by atoms with Crippen LogP contribution in [0.15, 0.2) is 17.4 Å². The summed E-state index contributed by atoms with van der Waals surface area (Å²) in [4.78, 5) is 8.28. The molecule has 0 fully saturated rings. The van der Waals surface area contributed by atoms with Gasteiger partial charge in [-0.05, 0) is 27.0 Å². The second-order valence-corrected chi connectivity index (χ2v) is 4.91. The van der Waals surface area contributed by atoms with Gasteiger partial charge in [-0.15, -0.1) is 11.8 Å². The van der Waals surface area contributed by atoms with Crippen LogP contribution in [0.3, 0.4) is 0 Å². The Bertz CT molecular complexity index is 325. The number of aromatic nitrogens is 2. The smallest absolute Gasteiger partial charge is 0.130 e. The number of hydrogen-bond donors (Lipinski definition) is 2. The molecule has 0 aromatic carbocycles. The molecule has 4 nitrogen and oxygen atoms in total. The van der Waals surface area contributed by atoms with Gasteiger partial charge in [-0.25, -0.2) is 9.97 Å². The van der Waals surface area contributed by atoms with E-state index in [1.54, 1.807) is 18.1 Å². The molecule has 1 rings (SSSR count). The molecule has 0 saturated carbocycles. The number of hydrogen-bond acceptors (Lipinski definition) is 5. The Balaban J connectivity index is 2.80. The van der Waals surface area contributed by atoms with Crippen LogP contribution in [-0.2, 0) is 0 Å². The Morgan fingerprint density at radius 1 is 1.47 bits per heavy atom. The first kappa shape index (κ1) is 12.3. The Labute approximate surface area is 95.1 Å². The fourth-order valence-corrected chi connectivity index (χ4v) is 1.35. The normalized spacial score (nSPS) is 13.7. The van der Waals surface area contributed by atoms with Gasteiger partial charge in [0, 0.05) is 17.6 Å². The third-order valence-corrected chi connectivity index (χ3v) is 3.08. The number of thioether (sulfide) groups is 1. The average molecular weight is 226 g/mol. The molecule has 0 aliphatic rings. The highest BCUT2D eigenvalue weighted by molar-refractivity contribution is 7.98. The minimum atomic E-state index is -0.177. The Hall–Kier alpha value is -0.810. The second-order valence-electron chi connectivity index (χ2n) is 4.08. The van der Waals surface area contributed by atoms with Gasteiger partial charge in [0.1, 0.15) is 17.2 Å². The minimum absolute atomic E-state index is 0.0465. The topological polar surface area (TPSA) is 63.8 Å². The maximum atomic E-state index is 5.88. The third-order valence-electron chi connectivity index (χ3n) is 2.44. The zero-order chi connectivity index (χ0) is 11.5. The second kappa shape index (κ2) is 4.81. The van der Waals surface area contributed by atoms with Crippen LogP contribution in [0.1, 0.15) is 20.8 Å². The van der Waals surface area contributed by atoms with Crippen LogP contribution in [0.5, 0.6) is 0 Å². The lowest BCUT2D eigenvalue weighted by Gasteiger charge is -2.30. The Morgan fingerprint density at radius 3 is 2.67 bits per heavy atom. The summed E-state index contributed by atoms with van der Waals surface area (Å²) in [5.41, 5.74) is 5.70. The molecule has 84 valence electrons. The van der Waals surface area contributed by atoms with Crippen LogP contribution in [0, 0.1) is 0 Å². The SMILES string of the molecule is CSc1cc(NC(C)(C)C(C)N)ncn1. The van der Waals surface area contributed by atoms with Crippen molar-refractivity contribution in [1.29, 1.82) is 0 Å². The molecule has 15 heavy (non-hydrogen) atoms. The highest BCUT2D eigenvalue weighted by atomic mass is 32.2. The first-order valence-electron chi connectivity index (χ1n) is 4.85. The maximum Gasteiger partial charge on any atom is 0.130 e. The van der Waals surface area contributed by atoms with Crippen LogP contribution >= 0.6 is 11.8 Å². The number of nitrogens with two attached hydrogens (primary N) is 1. The summed E-state index contributed by atoms with van der Waals surface area (Å²) in [6, 6.07) is 1.97. The molecule has 0 aliphatic heterocycles. The molecular formula is C10H18N4S. The van der Waals surface area contributed by atoms with E-state index < -0.39 is 0 Å². The first-order chi connectivity index (χ1) is 6.95. The molecule has 0 spiro atoms. The monoisotopic (exact) mass is 226 g/mol. The van der Waals surface area contributed by atoms with Crippen LogP contribution in [0.25, 0.3) is 0 Å². The standard InChI is InChI=1S/C10H18N4S/c1-7(11)10(2,3)14-8-5-9(15-4)13-6-12-8/h5-7H,11H2,1-4H3,(H,12,13,14). The van der Waals surface area contributed by atoms with E-state index in [-0.39, 0.29) is 11.6 Å². The van der Waals surface area contributed by atoms with E-state index in [4.69, 9.17) is 5.73 Å². The quantitative estimate of drug-likeness (QED) is 0.605. The van der Waals surface area contributed by atoms with Crippen molar-refractivity contribution in [2.45, 2.75) is 37.4 Å². The van der Waals surface area contributed by atoms with Gasteiger partial charge in [-0.2, -0.15) is 0 Å². The highest BCUT2D eigenvalue weighted by Gasteiger charge is 2.22. The van der Waals surface area contributed by atoms with Crippen LogP contribution in [-0.4, -0.2) is 27.8 Å². The largest absolute Gasteiger partial charge is 0.364 e. The summed E-state index contributed by atoms with van der Waals surface area (Å²) in [7, 11) is 0. The van der Waals surface area contributed by atoms with Crippen LogP contribution in [0.4, 0.5) is 5.82 Å². The van der Waals surface area contributed by atoms with Crippen molar-refractivity contribution in [3.05, 3.63) is 12.4 Å². The molecule has 1 atom stereocenters. The van der Waals surface area contributed by atoms with Gasteiger partial charge in [0.2, 0.25) is 0 Å². The van der Waals surface area contributed by atoms with E-state index in [0.717, 1.165) is 10.8 Å². The lowest BCUT2D eigenvalue weighted by molar-refractivity contribution is 0.469. The van der Waals surface area contributed by atoms with E-state index >= 15 is 0 Å². The lowest BCUT2D eigenvalue weighted by atomic mass is 9.97. The van der Waals surface area contributed by atoms with Gasteiger partial charge in [0.05, 0.1) is 0 Å². The molecular weight excluding hydrogens is 208 g/mol. The summed E-state index contributed by atoms with van der Waals surface area (Å²) < 4.78 is 0. The number of anilines is 1. The van der Waals surface area contributed by atoms with Crippen molar-refractivity contribution < 1.29 is 0 Å². The lowest BCUT2D eigenvalue weighted by Crippen LogP contribution is -2.47. The molecule has 3 N–H and O–H groups in total. The van der Waals surface area contributed by atoms with Gasteiger partial charge < -0.3 is 11.1 Å². The zero-order valence-electron chi connectivity index (χ0n) is 9.61. The maximum absolute atomic E-state index is 5.88. The number of rotatable bonds is 4. The predicted octanol–water partition coefficient (Wildman–Crippen LogP) is 1.74. The third kappa shape index (κ3) is 3.35. The summed E-state index contributed by atoms with van der Waals surface area (Å²) >= 11 is 1.59. The molecule has 0 bridgehead atoms.